The van der Waals surface area contributed by atoms with Crippen LogP contribution in [-0.4, -0.2) is 74.9 Å². The van der Waals surface area contributed by atoms with Crippen LogP contribution in [0.15, 0.2) is 36.5 Å². The number of rotatable bonds is 4. The molecule has 3 aromatic rings. The minimum Gasteiger partial charge on any atom is -0.444 e. The molecule has 0 aliphatic carbocycles. The van der Waals surface area contributed by atoms with Gasteiger partial charge in [0.2, 0.25) is 5.91 Å². The van der Waals surface area contributed by atoms with E-state index in [4.69, 9.17) is 16.3 Å². The Morgan fingerprint density at radius 3 is 2.38 bits per heavy atom. The van der Waals surface area contributed by atoms with Crippen LogP contribution in [0.1, 0.15) is 57.3 Å². The minimum atomic E-state index is -4.68. The van der Waals surface area contributed by atoms with Crippen molar-refractivity contribution >= 4 is 40.6 Å². The number of aryl methyl sites for hydroxylation is 1. The van der Waals surface area contributed by atoms with Crippen LogP contribution in [0.2, 0.25) is 5.15 Å². The van der Waals surface area contributed by atoms with Crippen molar-refractivity contribution in [2.24, 2.45) is 5.92 Å². The normalized spacial score (nSPS) is 17.2. The SMILES string of the molecule is CN(C(=O)C1CCN(C(=O)OC(C)(C)C)CC1)[C@@H](c1ccc(N2CCCc3c2cnc2cc(Cl)nn32)cc1)C(F)(F)F. The molecule has 42 heavy (non-hydrogen) atoms. The molecule has 0 saturated carbocycles. The highest BCUT2D eigenvalue weighted by atomic mass is 35.5. The van der Waals surface area contributed by atoms with Gasteiger partial charge in [0.25, 0.3) is 0 Å². The van der Waals surface area contributed by atoms with Gasteiger partial charge in [-0.15, -0.1) is 0 Å². The van der Waals surface area contributed by atoms with Gasteiger partial charge >= 0.3 is 12.3 Å². The van der Waals surface area contributed by atoms with Gasteiger partial charge in [-0.1, -0.05) is 23.7 Å². The van der Waals surface area contributed by atoms with Gasteiger partial charge in [0, 0.05) is 44.4 Å². The topological polar surface area (TPSA) is 83.3 Å². The molecule has 1 atom stereocenters. The second-order valence-electron chi connectivity index (χ2n) is 11.8. The van der Waals surface area contributed by atoms with Gasteiger partial charge in [-0.05, 0) is 64.2 Å². The molecule has 226 valence electrons. The molecule has 2 amide bonds. The number of likely N-dealkylation sites (tertiary alicyclic amines) is 1. The Labute approximate surface area is 247 Å². The largest absolute Gasteiger partial charge is 0.444 e. The molecule has 2 aliphatic heterocycles. The minimum absolute atomic E-state index is 0.0297. The summed E-state index contributed by atoms with van der Waals surface area (Å²) in [6.45, 7) is 6.44. The third kappa shape index (κ3) is 6.13. The van der Waals surface area contributed by atoms with Crippen molar-refractivity contribution in [2.75, 3.05) is 31.6 Å². The Kier molecular flexibility index (Phi) is 8.04. The summed E-state index contributed by atoms with van der Waals surface area (Å²) in [4.78, 5) is 34.4. The van der Waals surface area contributed by atoms with Gasteiger partial charge in [0.1, 0.15) is 5.60 Å². The summed E-state index contributed by atoms with van der Waals surface area (Å²) in [5.41, 5.74) is 2.40. The first-order valence-electron chi connectivity index (χ1n) is 13.9. The predicted molar refractivity (Wildman–Crippen MR) is 152 cm³/mol. The number of piperidine rings is 1. The van der Waals surface area contributed by atoms with Crippen LogP contribution < -0.4 is 4.90 Å². The highest BCUT2D eigenvalue weighted by Gasteiger charge is 2.46. The van der Waals surface area contributed by atoms with E-state index in [1.807, 2.05) is 4.90 Å². The lowest BCUT2D eigenvalue weighted by Gasteiger charge is -2.37. The lowest BCUT2D eigenvalue weighted by atomic mass is 9.94. The van der Waals surface area contributed by atoms with E-state index in [2.05, 4.69) is 10.1 Å². The summed E-state index contributed by atoms with van der Waals surface area (Å²) in [6, 6.07) is 5.70. The molecule has 1 aromatic carbocycles. The third-order valence-corrected chi connectivity index (χ3v) is 7.86. The van der Waals surface area contributed by atoms with E-state index in [1.54, 1.807) is 49.7 Å². The van der Waals surface area contributed by atoms with E-state index in [9.17, 15) is 22.8 Å². The molecule has 2 aliphatic rings. The van der Waals surface area contributed by atoms with Crippen molar-refractivity contribution in [3.63, 3.8) is 0 Å². The van der Waals surface area contributed by atoms with Crippen LogP contribution in [-0.2, 0) is 16.0 Å². The molecular weight excluding hydrogens is 573 g/mol. The average molecular weight is 607 g/mol. The van der Waals surface area contributed by atoms with Crippen molar-refractivity contribution in [3.8, 4) is 0 Å². The first kappa shape index (κ1) is 29.9. The highest BCUT2D eigenvalue weighted by molar-refractivity contribution is 6.29. The molecule has 1 fully saturated rings. The first-order valence-corrected chi connectivity index (χ1v) is 14.3. The van der Waals surface area contributed by atoms with E-state index in [0.717, 1.165) is 29.1 Å². The molecule has 9 nitrogen and oxygen atoms in total. The fourth-order valence-electron chi connectivity index (χ4n) is 5.72. The zero-order valence-electron chi connectivity index (χ0n) is 24.0. The molecule has 5 rings (SSSR count). The van der Waals surface area contributed by atoms with Gasteiger partial charge in [0.15, 0.2) is 16.8 Å². The number of carbonyl (C=O) groups excluding carboxylic acids is 2. The fraction of sp³-hybridized carbons (Fsp3) is 0.517. The summed E-state index contributed by atoms with van der Waals surface area (Å²) in [5.74, 6) is -1.22. The Bertz CT molecular complexity index is 1460. The van der Waals surface area contributed by atoms with Crippen LogP contribution in [0.25, 0.3) is 5.65 Å². The Hall–Kier alpha value is -3.54. The molecule has 0 spiro atoms. The number of halogens is 4. The number of benzene rings is 1. The Balaban J connectivity index is 1.32. The summed E-state index contributed by atoms with van der Waals surface area (Å²) < 4.78 is 50.3. The van der Waals surface area contributed by atoms with Crippen LogP contribution >= 0.6 is 11.6 Å². The lowest BCUT2D eigenvalue weighted by molar-refractivity contribution is -0.191. The zero-order chi connectivity index (χ0) is 30.4. The van der Waals surface area contributed by atoms with Gasteiger partial charge in [-0.25, -0.2) is 14.3 Å². The number of hydrogen-bond acceptors (Lipinski definition) is 6. The molecule has 0 radical (unpaired) electrons. The van der Waals surface area contributed by atoms with Crippen LogP contribution in [0.5, 0.6) is 0 Å². The number of alkyl halides is 3. The van der Waals surface area contributed by atoms with E-state index in [0.29, 0.717) is 23.0 Å². The predicted octanol–water partition coefficient (Wildman–Crippen LogP) is 6.18. The van der Waals surface area contributed by atoms with Gasteiger partial charge in [-0.3, -0.25) is 4.79 Å². The first-order chi connectivity index (χ1) is 19.7. The number of ether oxygens (including phenoxy) is 1. The number of anilines is 2. The molecular formula is C29H34ClF3N6O3. The zero-order valence-corrected chi connectivity index (χ0v) is 24.7. The molecule has 2 aromatic heterocycles. The molecule has 0 unspecified atom stereocenters. The summed E-state index contributed by atoms with van der Waals surface area (Å²) in [5, 5.41) is 4.66. The van der Waals surface area contributed by atoms with E-state index in [-0.39, 0.29) is 31.5 Å². The molecule has 0 bridgehead atoms. The molecule has 1 saturated heterocycles. The average Bonchev–Trinajstić information content (AvgIpc) is 3.32. The smallest absolute Gasteiger partial charge is 0.413 e. The second kappa shape index (κ2) is 11.3. The fourth-order valence-corrected chi connectivity index (χ4v) is 5.89. The maximum atomic E-state index is 14.4. The van der Waals surface area contributed by atoms with Gasteiger partial charge in [0.05, 0.1) is 17.6 Å². The maximum absolute atomic E-state index is 14.4. The van der Waals surface area contributed by atoms with E-state index < -0.39 is 35.7 Å². The lowest BCUT2D eigenvalue weighted by Crippen LogP contribution is -2.47. The Morgan fingerprint density at radius 2 is 1.76 bits per heavy atom. The molecule has 0 N–H and O–H groups in total. The van der Waals surface area contributed by atoms with E-state index >= 15 is 0 Å². The number of nitrogens with zero attached hydrogens (tertiary/aromatic N) is 6. The second-order valence-corrected chi connectivity index (χ2v) is 12.2. The number of amides is 2. The number of carbonyl (C=O) groups is 2. The summed E-state index contributed by atoms with van der Waals surface area (Å²) in [6.07, 6.45) is -1.32. The molecule has 13 heteroatoms. The van der Waals surface area contributed by atoms with Gasteiger partial charge < -0.3 is 19.4 Å². The number of hydrogen-bond donors (Lipinski definition) is 0. The van der Waals surface area contributed by atoms with Crippen molar-refractivity contribution in [1.29, 1.82) is 0 Å². The van der Waals surface area contributed by atoms with Gasteiger partial charge in [-0.2, -0.15) is 18.3 Å². The van der Waals surface area contributed by atoms with Crippen molar-refractivity contribution in [1.82, 2.24) is 24.4 Å². The monoisotopic (exact) mass is 606 g/mol. The maximum Gasteiger partial charge on any atom is 0.413 e. The summed E-state index contributed by atoms with van der Waals surface area (Å²) in [7, 11) is 1.20. The van der Waals surface area contributed by atoms with Crippen LogP contribution in [0.4, 0.5) is 29.3 Å². The quantitative estimate of drug-likeness (QED) is 0.353. The van der Waals surface area contributed by atoms with Crippen LogP contribution in [0, 0.1) is 5.92 Å². The third-order valence-electron chi connectivity index (χ3n) is 7.68. The van der Waals surface area contributed by atoms with Crippen molar-refractivity contribution in [2.45, 2.75) is 64.3 Å². The van der Waals surface area contributed by atoms with Crippen molar-refractivity contribution < 1.29 is 27.5 Å². The van der Waals surface area contributed by atoms with Crippen LogP contribution in [0.3, 0.4) is 0 Å². The number of aromatic nitrogens is 3. The van der Waals surface area contributed by atoms with Crippen molar-refractivity contribution in [3.05, 3.63) is 52.9 Å². The summed E-state index contributed by atoms with van der Waals surface area (Å²) >= 11 is 6.07. The Morgan fingerprint density at radius 1 is 1.10 bits per heavy atom. The number of fused-ring (bicyclic) bond motifs is 3. The highest BCUT2D eigenvalue weighted by Crippen LogP contribution is 2.40. The van der Waals surface area contributed by atoms with E-state index in [1.165, 1.54) is 24.1 Å². The standard InChI is InChI=1S/C29H34ClF3N6O3/c1-28(2,3)42-27(41)37-14-11-19(12-15-37)26(40)36(4)25(29(31,32)33)18-7-9-20(10-8-18)38-13-5-6-21-22(38)17-34-24-16-23(30)35-39(21)24/h7-10,16-17,19,25H,5-6,11-15H2,1-4H3/t25-/m0/s1. The molecule has 4 heterocycles.